The van der Waals surface area contributed by atoms with E-state index >= 15 is 0 Å². The topological polar surface area (TPSA) is 44.8 Å². The summed E-state index contributed by atoms with van der Waals surface area (Å²) in [4.78, 5) is 11.8. The van der Waals surface area contributed by atoms with E-state index in [0.717, 1.165) is 6.42 Å². The molecule has 1 aromatic carbocycles. The van der Waals surface area contributed by atoms with Crippen molar-refractivity contribution in [1.82, 2.24) is 0 Å². The monoisotopic (exact) mass is 352 g/mol. The molecule has 1 aromatic rings. The van der Waals surface area contributed by atoms with Crippen LogP contribution in [0.15, 0.2) is 30.3 Å². The van der Waals surface area contributed by atoms with E-state index in [9.17, 15) is 4.79 Å². The van der Waals surface area contributed by atoms with Crippen LogP contribution in [0.5, 0.6) is 0 Å². The maximum absolute atomic E-state index is 11.8. The highest BCUT2D eigenvalue weighted by molar-refractivity contribution is 6.74. The Bertz CT molecular complexity index is 494. The number of carbonyl (C=O) groups is 1. The Balaban J connectivity index is 2.31. The molecule has 0 saturated heterocycles. The van der Waals surface area contributed by atoms with E-state index in [1.54, 1.807) is 12.1 Å². The van der Waals surface area contributed by atoms with Crippen molar-refractivity contribution in [3.8, 4) is 0 Å². The van der Waals surface area contributed by atoms with E-state index in [1.807, 2.05) is 18.2 Å². The lowest BCUT2D eigenvalue weighted by Crippen LogP contribution is -2.43. The minimum Gasteiger partial charge on any atom is -0.460 e. The van der Waals surface area contributed by atoms with Crippen LogP contribution in [-0.4, -0.2) is 40.2 Å². The average molecular weight is 353 g/mol. The Morgan fingerprint density at radius 1 is 1.12 bits per heavy atom. The van der Waals surface area contributed by atoms with Gasteiger partial charge >= 0.3 is 5.97 Å². The fraction of sp³-hybridized carbons (Fsp3) is 0.632. The number of benzene rings is 1. The van der Waals surface area contributed by atoms with Crippen LogP contribution in [0.3, 0.4) is 0 Å². The maximum atomic E-state index is 11.8. The van der Waals surface area contributed by atoms with E-state index in [1.165, 1.54) is 0 Å². The van der Waals surface area contributed by atoms with Crippen LogP contribution in [0, 0.1) is 0 Å². The Labute approximate surface area is 147 Å². The second-order valence-corrected chi connectivity index (χ2v) is 12.3. The summed E-state index contributed by atoms with van der Waals surface area (Å²) in [5.41, 5.74) is 0.561. The predicted molar refractivity (Wildman–Crippen MR) is 99.9 cm³/mol. The summed E-state index contributed by atoms with van der Waals surface area (Å²) in [6.07, 6.45) is 0.913. The molecule has 0 aromatic heterocycles. The minimum absolute atomic E-state index is 0.0366. The Hall–Kier alpha value is -1.17. The van der Waals surface area contributed by atoms with Crippen molar-refractivity contribution in [2.24, 2.45) is 0 Å². The van der Waals surface area contributed by atoms with Gasteiger partial charge in [0, 0.05) is 0 Å². The molecule has 4 nitrogen and oxygen atoms in total. The quantitative estimate of drug-likeness (QED) is 0.368. The van der Waals surface area contributed by atoms with Crippen molar-refractivity contribution in [3.63, 3.8) is 0 Å². The first-order chi connectivity index (χ1) is 11.2. The molecule has 0 heterocycles. The van der Waals surface area contributed by atoms with Crippen molar-refractivity contribution in [2.75, 3.05) is 19.8 Å². The molecule has 0 fully saturated rings. The number of hydrogen-bond acceptors (Lipinski definition) is 4. The molecule has 0 aliphatic rings. The zero-order chi connectivity index (χ0) is 18.2. The van der Waals surface area contributed by atoms with Gasteiger partial charge in [-0.25, -0.2) is 4.79 Å². The fourth-order valence-corrected chi connectivity index (χ4v) is 2.84. The molecule has 0 bridgehead atoms. The zero-order valence-electron chi connectivity index (χ0n) is 15.9. The number of rotatable bonds is 9. The summed E-state index contributed by atoms with van der Waals surface area (Å²) in [5, 5.41) is 0.191. The fourth-order valence-electron chi connectivity index (χ4n) is 1.81. The highest BCUT2D eigenvalue weighted by Crippen LogP contribution is 2.36. The van der Waals surface area contributed by atoms with Crippen LogP contribution in [0.25, 0.3) is 0 Å². The first-order valence-corrected chi connectivity index (χ1v) is 11.6. The lowest BCUT2D eigenvalue weighted by molar-refractivity contribution is -0.0123. The average Bonchev–Trinajstić information content (AvgIpc) is 2.53. The molecular weight excluding hydrogens is 320 g/mol. The lowest BCUT2D eigenvalue weighted by Gasteiger charge is -2.37. The van der Waals surface area contributed by atoms with Crippen LogP contribution in [-0.2, 0) is 13.9 Å². The van der Waals surface area contributed by atoms with Gasteiger partial charge in [-0.2, -0.15) is 0 Å². The highest BCUT2D eigenvalue weighted by atomic mass is 28.4. The van der Waals surface area contributed by atoms with Crippen LogP contribution in [0.2, 0.25) is 18.1 Å². The molecule has 136 valence electrons. The summed E-state index contributed by atoms with van der Waals surface area (Å²) >= 11 is 0. The summed E-state index contributed by atoms with van der Waals surface area (Å²) in [6.45, 7) is 14.5. The van der Waals surface area contributed by atoms with Gasteiger partial charge in [-0.1, -0.05) is 45.9 Å². The molecule has 1 atom stereocenters. The van der Waals surface area contributed by atoms with Gasteiger partial charge in [-0.15, -0.1) is 0 Å². The molecular formula is C19H32O4Si. The molecule has 1 rings (SSSR count). The first-order valence-electron chi connectivity index (χ1n) is 8.65. The first kappa shape index (κ1) is 20.9. The number of esters is 1. The lowest BCUT2D eigenvalue weighted by atomic mass is 10.2. The van der Waals surface area contributed by atoms with Gasteiger partial charge in [0.1, 0.15) is 6.61 Å². The normalized spacial score (nSPS) is 13.6. The second-order valence-electron chi connectivity index (χ2n) is 7.47. The SMILES string of the molecule is CC[C@H](CO[Si](C)(C)C(C)(C)C)OCCOC(=O)c1ccccc1. The summed E-state index contributed by atoms with van der Waals surface area (Å²) in [5.74, 6) is -0.315. The molecule has 0 N–H and O–H groups in total. The predicted octanol–water partition coefficient (Wildman–Crippen LogP) is 4.66. The molecule has 0 radical (unpaired) electrons. The van der Waals surface area contributed by atoms with Gasteiger partial charge in [0.25, 0.3) is 0 Å². The zero-order valence-corrected chi connectivity index (χ0v) is 16.9. The standard InChI is InChI=1S/C19H32O4Si/c1-7-17(15-23-24(5,6)19(2,3)4)21-13-14-22-18(20)16-11-9-8-10-12-16/h8-12,17H,7,13-15H2,1-6H3/t17-/m1/s1. The van der Waals surface area contributed by atoms with Crippen LogP contribution in [0.4, 0.5) is 0 Å². The van der Waals surface area contributed by atoms with Crippen molar-refractivity contribution in [2.45, 2.75) is 58.4 Å². The molecule has 0 saturated carbocycles. The van der Waals surface area contributed by atoms with Gasteiger partial charge < -0.3 is 13.9 Å². The molecule has 5 heteroatoms. The van der Waals surface area contributed by atoms with Crippen LogP contribution >= 0.6 is 0 Å². The Kier molecular flexibility index (Phi) is 8.13. The van der Waals surface area contributed by atoms with E-state index in [0.29, 0.717) is 18.8 Å². The number of ether oxygens (including phenoxy) is 2. The van der Waals surface area contributed by atoms with Crippen LogP contribution in [0.1, 0.15) is 44.5 Å². The largest absolute Gasteiger partial charge is 0.460 e. The van der Waals surface area contributed by atoms with Gasteiger partial charge in [-0.05, 0) is 36.7 Å². The molecule has 24 heavy (non-hydrogen) atoms. The minimum atomic E-state index is -1.76. The third kappa shape index (κ3) is 6.75. The Morgan fingerprint density at radius 2 is 1.75 bits per heavy atom. The maximum Gasteiger partial charge on any atom is 0.338 e. The summed E-state index contributed by atoms with van der Waals surface area (Å²) in [6, 6.07) is 8.99. The summed E-state index contributed by atoms with van der Waals surface area (Å²) < 4.78 is 17.2. The third-order valence-corrected chi connectivity index (χ3v) is 9.07. The van der Waals surface area contributed by atoms with Crippen molar-refractivity contribution in [3.05, 3.63) is 35.9 Å². The van der Waals surface area contributed by atoms with E-state index in [2.05, 4.69) is 40.8 Å². The van der Waals surface area contributed by atoms with Crippen molar-refractivity contribution >= 4 is 14.3 Å². The molecule has 0 aliphatic heterocycles. The van der Waals surface area contributed by atoms with Crippen molar-refractivity contribution in [1.29, 1.82) is 0 Å². The van der Waals surface area contributed by atoms with Crippen LogP contribution < -0.4 is 0 Å². The highest BCUT2D eigenvalue weighted by Gasteiger charge is 2.37. The van der Waals surface area contributed by atoms with Gasteiger partial charge in [-0.3, -0.25) is 0 Å². The smallest absolute Gasteiger partial charge is 0.338 e. The number of hydrogen-bond donors (Lipinski definition) is 0. The Morgan fingerprint density at radius 3 is 2.29 bits per heavy atom. The van der Waals surface area contributed by atoms with E-state index < -0.39 is 8.32 Å². The molecule has 0 amide bonds. The van der Waals surface area contributed by atoms with E-state index in [4.69, 9.17) is 13.9 Å². The molecule has 0 spiro atoms. The molecule has 0 unspecified atom stereocenters. The van der Waals surface area contributed by atoms with Crippen molar-refractivity contribution < 1.29 is 18.7 Å². The van der Waals surface area contributed by atoms with E-state index in [-0.39, 0.29) is 23.7 Å². The van der Waals surface area contributed by atoms with Gasteiger partial charge in [0.15, 0.2) is 8.32 Å². The van der Waals surface area contributed by atoms with Gasteiger partial charge in [0.05, 0.1) is 24.9 Å². The molecule has 0 aliphatic carbocycles. The second kappa shape index (κ2) is 9.35. The van der Waals surface area contributed by atoms with Gasteiger partial charge in [0.2, 0.25) is 0 Å². The summed E-state index contributed by atoms with van der Waals surface area (Å²) in [7, 11) is -1.76. The number of carbonyl (C=O) groups excluding carboxylic acids is 1. The third-order valence-electron chi connectivity index (χ3n) is 4.57.